The SMILES string of the molecule is CCCC(CC)NC(=O)CCCNC(=O)OC(C)(C)C. The summed E-state index contributed by atoms with van der Waals surface area (Å²) in [6, 6.07) is 0.270. The molecular weight excluding hydrogens is 256 g/mol. The summed E-state index contributed by atoms with van der Waals surface area (Å²) in [6.07, 6.45) is 3.65. The molecule has 2 amide bonds. The van der Waals surface area contributed by atoms with Gasteiger partial charge in [0, 0.05) is 19.0 Å². The van der Waals surface area contributed by atoms with Crippen LogP contribution >= 0.6 is 0 Å². The van der Waals surface area contributed by atoms with E-state index in [2.05, 4.69) is 24.5 Å². The molecule has 0 aromatic rings. The fourth-order valence-corrected chi connectivity index (χ4v) is 1.78. The molecule has 0 saturated heterocycles. The second-order valence-corrected chi connectivity index (χ2v) is 5.99. The molecule has 0 aromatic carbocycles. The molecule has 1 atom stereocenters. The second kappa shape index (κ2) is 9.61. The second-order valence-electron chi connectivity index (χ2n) is 5.99. The summed E-state index contributed by atoms with van der Waals surface area (Å²) in [4.78, 5) is 23.1. The van der Waals surface area contributed by atoms with Crippen LogP contribution in [0, 0.1) is 0 Å². The quantitative estimate of drug-likeness (QED) is 0.674. The molecule has 118 valence electrons. The van der Waals surface area contributed by atoms with Gasteiger partial charge in [-0.05, 0) is 40.0 Å². The Balaban J connectivity index is 3.74. The van der Waals surface area contributed by atoms with Crippen LogP contribution in [-0.2, 0) is 9.53 Å². The lowest BCUT2D eigenvalue weighted by molar-refractivity contribution is -0.122. The molecule has 0 aliphatic heterocycles. The number of nitrogens with one attached hydrogen (secondary N) is 2. The fraction of sp³-hybridized carbons (Fsp3) is 0.867. The highest BCUT2D eigenvalue weighted by atomic mass is 16.6. The van der Waals surface area contributed by atoms with Crippen LogP contribution in [0.2, 0.25) is 0 Å². The number of carbonyl (C=O) groups excluding carboxylic acids is 2. The van der Waals surface area contributed by atoms with E-state index in [1.807, 2.05) is 20.8 Å². The molecule has 0 aliphatic rings. The van der Waals surface area contributed by atoms with Crippen LogP contribution in [0.3, 0.4) is 0 Å². The predicted octanol–water partition coefficient (Wildman–Crippen LogP) is 2.99. The molecule has 0 aliphatic carbocycles. The van der Waals surface area contributed by atoms with Crippen LogP contribution in [0.15, 0.2) is 0 Å². The molecule has 2 N–H and O–H groups in total. The molecule has 5 heteroatoms. The number of ether oxygens (including phenoxy) is 1. The van der Waals surface area contributed by atoms with Crippen LogP contribution in [0.25, 0.3) is 0 Å². The van der Waals surface area contributed by atoms with Crippen LogP contribution in [0.4, 0.5) is 4.79 Å². The lowest BCUT2D eigenvalue weighted by atomic mass is 10.1. The molecule has 0 saturated carbocycles. The summed E-state index contributed by atoms with van der Waals surface area (Å²) in [5, 5.41) is 5.66. The summed E-state index contributed by atoms with van der Waals surface area (Å²) in [6.45, 7) is 10.1. The number of alkyl carbamates (subject to hydrolysis) is 1. The van der Waals surface area contributed by atoms with Crippen molar-refractivity contribution < 1.29 is 14.3 Å². The van der Waals surface area contributed by atoms with Gasteiger partial charge in [-0.3, -0.25) is 4.79 Å². The molecule has 0 bridgehead atoms. The number of carbonyl (C=O) groups is 2. The first-order chi connectivity index (χ1) is 9.28. The van der Waals surface area contributed by atoms with Crippen LogP contribution < -0.4 is 10.6 Å². The Bertz CT molecular complexity index is 298. The first-order valence-electron chi connectivity index (χ1n) is 7.54. The van der Waals surface area contributed by atoms with Crippen LogP contribution in [-0.4, -0.2) is 30.2 Å². The summed E-state index contributed by atoms with van der Waals surface area (Å²) in [5.41, 5.74) is -0.490. The van der Waals surface area contributed by atoms with Gasteiger partial charge in [-0.15, -0.1) is 0 Å². The fourth-order valence-electron chi connectivity index (χ4n) is 1.78. The standard InChI is InChI=1S/C15H30N2O3/c1-6-9-12(7-2)17-13(18)10-8-11-16-14(19)20-15(3,4)5/h12H,6-11H2,1-5H3,(H,16,19)(H,17,18). The highest BCUT2D eigenvalue weighted by molar-refractivity contribution is 5.76. The first-order valence-corrected chi connectivity index (χ1v) is 7.54. The van der Waals surface area contributed by atoms with E-state index in [9.17, 15) is 9.59 Å². The maximum absolute atomic E-state index is 11.7. The molecule has 0 spiro atoms. The van der Waals surface area contributed by atoms with Crippen molar-refractivity contribution in [1.29, 1.82) is 0 Å². The lowest BCUT2D eigenvalue weighted by Gasteiger charge is -2.19. The average Bonchev–Trinajstić information content (AvgIpc) is 2.32. The van der Waals surface area contributed by atoms with E-state index < -0.39 is 11.7 Å². The van der Waals surface area contributed by atoms with Crippen molar-refractivity contribution in [2.75, 3.05) is 6.54 Å². The van der Waals surface area contributed by atoms with Crippen LogP contribution in [0.1, 0.15) is 66.7 Å². The lowest BCUT2D eigenvalue weighted by Crippen LogP contribution is -2.35. The Morgan fingerprint density at radius 3 is 2.35 bits per heavy atom. The third-order valence-electron chi connectivity index (χ3n) is 2.74. The minimum Gasteiger partial charge on any atom is -0.444 e. The van der Waals surface area contributed by atoms with Gasteiger partial charge in [0.2, 0.25) is 5.91 Å². The van der Waals surface area contributed by atoms with Gasteiger partial charge in [-0.25, -0.2) is 4.79 Å². The van der Waals surface area contributed by atoms with Gasteiger partial charge >= 0.3 is 6.09 Å². The smallest absolute Gasteiger partial charge is 0.407 e. The highest BCUT2D eigenvalue weighted by Crippen LogP contribution is 2.06. The van der Waals surface area contributed by atoms with Crippen molar-refractivity contribution in [3.8, 4) is 0 Å². The number of hydrogen-bond donors (Lipinski definition) is 2. The van der Waals surface area contributed by atoms with E-state index in [0.717, 1.165) is 19.3 Å². The zero-order chi connectivity index (χ0) is 15.6. The summed E-state index contributed by atoms with van der Waals surface area (Å²) < 4.78 is 5.11. The minimum absolute atomic E-state index is 0.0521. The molecular formula is C15H30N2O3. The van der Waals surface area contributed by atoms with Gasteiger partial charge in [0.15, 0.2) is 0 Å². The normalized spacial score (nSPS) is 12.7. The van der Waals surface area contributed by atoms with Crippen LogP contribution in [0.5, 0.6) is 0 Å². The zero-order valence-corrected chi connectivity index (χ0v) is 13.5. The Morgan fingerprint density at radius 2 is 1.85 bits per heavy atom. The maximum Gasteiger partial charge on any atom is 0.407 e. The number of hydrogen-bond acceptors (Lipinski definition) is 3. The maximum atomic E-state index is 11.7. The third kappa shape index (κ3) is 10.6. The summed E-state index contributed by atoms with van der Waals surface area (Å²) in [5.74, 6) is 0.0521. The number of amides is 2. The Morgan fingerprint density at radius 1 is 1.20 bits per heavy atom. The van der Waals surface area contributed by atoms with Crippen molar-refractivity contribution >= 4 is 12.0 Å². The molecule has 0 radical (unpaired) electrons. The van der Waals surface area contributed by atoms with Gasteiger partial charge < -0.3 is 15.4 Å². The van der Waals surface area contributed by atoms with Crippen molar-refractivity contribution in [3.63, 3.8) is 0 Å². The summed E-state index contributed by atoms with van der Waals surface area (Å²) >= 11 is 0. The van der Waals surface area contributed by atoms with E-state index in [0.29, 0.717) is 19.4 Å². The van der Waals surface area contributed by atoms with Gasteiger partial charge in [-0.1, -0.05) is 20.3 Å². The minimum atomic E-state index is -0.490. The molecule has 0 heterocycles. The zero-order valence-electron chi connectivity index (χ0n) is 13.5. The van der Waals surface area contributed by atoms with E-state index in [1.54, 1.807) is 0 Å². The monoisotopic (exact) mass is 286 g/mol. The van der Waals surface area contributed by atoms with Crippen molar-refractivity contribution in [2.45, 2.75) is 78.4 Å². The van der Waals surface area contributed by atoms with E-state index in [1.165, 1.54) is 0 Å². The number of rotatable bonds is 8. The Labute approximate surface area is 122 Å². The van der Waals surface area contributed by atoms with Crippen molar-refractivity contribution in [2.24, 2.45) is 0 Å². The van der Waals surface area contributed by atoms with Crippen molar-refractivity contribution in [3.05, 3.63) is 0 Å². The largest absolute Gasteiger partial charge is 0.444 e. The molecule has 5 nitrogen and oxygen atoms in total. The van der Waals surface area contributed by atoms with E-state index >= 15 is 0 Å². The van der Waals surface area contributed by atoms with Gasteiger partial charge in [0.25, 0.3) is 0 Å². The summed E-state index contributed by atoms with van der Waals surface area (Å²) in [7, 11) is 0. The molecule has 1 unspecified atom stereocenters. The first kappa shape index (κ1) is 18.7. The highest BCUT2D eigenvalue weighted by Gasteiger charge is 2.15. The van der Waals surface area contributed by atoms with Crippen molar-refractivity contribution in [1.82, 2.24) is 10.6 Å². The predicted molar refractivity (Wildman–Crippen MR) is 80.6 cm³/mol. The third-order valence-corrected chi connectivity index (χ3v) is 2.74. The topological polar surface area (TPSA) is 67.4 Å². The molecule has 0 fully saturated rings. The van der Waals surface area contributed by atoms with Gasteiger partial charge in [-0.2, -0.15) is 0 Å². The molecule has 0 aromatic heterocycles. The average molecular weight is 286 g/mol. The molecule has 20 heavy (non-hydrogen) atoms. The van der Waals surface area contributed by atoms with E-state index in [-0.39, 0.29) is 11.9 Å². The van der Waals surface area contributed by atoms with Gasteiger partial charge in [0.1, 0.15) is 5.60 Å². The van der Waals surface area contributed by atoms with E-state index in [4.69, 9.17) is 4.74 Å². The van der Waals surface area contributed by atoms with Gasteiger partial charge in [0.05, 0.1) is 0 Å². The Hall–Kier alpha value is -1.26. The molecule has 0 rings (SSSR count). The Kier molecular flexibility index (Phi) is 9.01.